The standard InChI is InChI=1S/C12H28N2O4S/c1-15-9-5-13(6-10-16-2)19-14(7-11-17-3)8-12-18-4/h5-12H2,1-4H3. The molecular formula is C12H28N2O4S. The Morgan fingerprint density at radius 3 is 1.05 bits per heavy atom. The second kappa shape index (κ2) is 14.5. The van der Waals surface area contributed by atoms with Crippen LogP contribution in [0.1, 0.15) is 0 Å². The van der Waals surface area contributed by atoms with E-state index in [-0.39, 0.29) is 0 Å². The Morgan fingerprint density at radius 1 is 0.579 bits per heavy atom. The van der Waals surface area contributed by atoms with Gasteiger partial charge in [-0.15, -0.1) is 0 Å². The Morgan fingerprint density at radius 2 is 0.842 bits per heavy atom. The largest absolute Gasteiger partial charge is 0.383 e. The number of hydrogen-bond donors (Lipinski definition) is 0. The van der Waals surface area contributed by atoms with E-state index in [1.165, 1.54) is 0 Å². The summed E-state index contributed by atoms with van der Waals surface area (Å²) in [5, 5.41) is 0. The van der Waals surface area contributed by atoms with Gasteiger partial charge in [0.05, 0.1) is 26.4 Å². The highest BCUT2D eigenvalue weighted by molar-refractivity contribution is 7.94. The van der Waals surface area contributed by atoms with Gasteiger partial charge in [-0.05, 0) is 0 Å². The van der Waals surface area contributed by atoms with Crippen molar-refractivity contribution in [3.63, 3.8) is 0 Å². The fraction of sp³-hybridized carbons (Fsp3) is 1.00. The lowest BCUT2D eigenvalue weighted by Crippen LogP contribution is -2.33. The van der Waals surface area contributed by atoms with Gasteiger partial charge in [0.1, 0.15) is 0 Å². The van der Waals surface area contributed by atoms with E-state index in [1.807, 2.05) is 0 Å². The zero-order valence-electron chi connectivity index (χ0n) is 12.6. The van der Waals surface area contributed by atoms with Gasteiger partial charge in [-0.25, -0.2) is 8.61 Å². The Balaban J connectivity index is 4.16. The van der Waals surface area contributed by atoms with E-state index in [1.54, 1.807) is 40.6 Å². The van der Waals surface area contributed by atoms with Gasteiger partial charge in [0, 0.05) is 66.8 Å². The Labute approximate surface area is 121 Å². The minimum atomic E-state index is 0.707. The quantitative estimate of drug-likeness (QED) is 0.438. The van der Waals surface area contributed by atoms with E-state index in [4.69, 9.17) is 18.9 Å². The van der Waals surface area contributed by atoms with Gasteiger partial charge in [0.2, 0.25) is 0 Å². The highest BCUT2D eigenvalue weighted by atomic mass is 32.2. The van der Waals surface area contributed by atoms with Crippen LogP contribution in [0.25, 0.3) is 0 Å². The summed E-state index contributed by atoms with van der Waals surface area (Å²) in [4.78, 5) is 0. The van der Waals surface area contributed by atoms with Crippen LogP contribution in [0.4, 0.5) is 0 Å². The lowest BCUT2D eigenvalue weighted by atomic mass is 10.6. The van der Waals surface area contributed by atoms with Gasteiger partial charge in [-0.3, -0.25) is 0 Å². The van der Waals surface area contributed by atoms with Crippen LogP contribution in [0.5, 0.6) is 0 Å². The fourth-order valence-corrected chi connectivity index (χ4v) is 2.27. The molecule has 0 aliphatic rings. The predicted octanol–water partition coefficient (Wildman–Crippen LogP) is 0.739. The summed E-state index contributed by atoms with van der Waals surface area (Å²) in [6.45, 7) is 6.28. The first-order valence-corrected chi connectivity index (χ1v) is 7.15. The molecule has 0 aromatic heterocycles. The molecule has 0 saturated carbocycles. The van der Waals surface area contributed by atoms with Crippen LogP contribution in [-0.2, 0) is 18.9 Å². The summed E-state index contributed by atoms with van der Waals surface area (Å²) in [5.41, 5.74) is 0. The van der Waals surface area contributed by atoms with Crippen molar-refractivity contribution in [2.45, 2.75) is 0 Å². The van der Waals surface area contributed by atoms with Crippen molar-refractivity contribution in [3.05, 3.63) is 0 Å². The number of nitrogens with zero attached hydrogens (tertiary/aromatic N) is 2. The molecular weight excluding hydrogens is 268 g/mol. The summed E-state index contributed by atoms with van der Waals surface area (Å²) in [6, 6.07) is 0. The smallest absolute Gasteiger partial charge is 0.0599 e. The normalized spacial score (nSPS) is 11.7. The molecule has 0 amide bonds. The van der Waals surface area contributed by atoms with E-state index in [0.29, 0.717) is 26.4 Å². The van der Waals surface area contributed by atoms with Crippen molar-refractivity contribution in [2.75, 3.05) is 81.0 Å². The Hall–Kier alpha value is 0.110. The molecule has 0 radical (unpaired) electrons. The van der Waals surface area contributed by atoms with Crippen LogP contribution < -0.4 is 0 Å². The van der Waals surface area contributed by atoms with Crippen LogP contribution >= 0.6 is 12.1 Å². The fourth-order valence-electron chi connectivity index (χ4n) is 1.32. The summed E-state index contributed by atoms with van der Waals surface area (Å²) < 4.78 is 25.0. The van der Waals surface area contributed by atoms with Gasteiger partial charge in [0.15, 0.2) is 0 Å². The predicted molar refractivity (Wildman–Crippen MR) is 78.2 cm³/mol. The minimum absolute atomic E-state index is 0.707. The highest BCUT2D eigenvalue weighted by Gasteiger charge is 2.12. The second-order valence-corrected chi connectivity index (χ2v) is 5.11. The lowest BCUT2D eigenvalue weighted by Gasteiger charge is -2.28. The van der Waals surface area contributed by atoms with Gasteiger partial charge in [0.25, 0.3) is 0 Å². The number of methoxy groups -OCH3 is 4. The number of hydrogen-bond acceptors (Lipinski definition) is 7. The first-order chi connectivity index (χ1) is 9.28. The van der Waals surface area contributed by atoms with Crippen molar-refractivity contribution in [1.82, 2.24) is 8.61 Å². The zero-order chi connectivity index (χ0) is 14.3. The van der Waals surface area contributed by atoms with Gasteiger partial charge in [-0.1, -0.05) is 0 Å². The molecule has 0 heterocycles. The third-order valence-electron chi connectivity index (χ3n) is 2.41. The molecule has 0 saturated heterocycles. The van der Waals surface area contributed by atoms with Crippen LogP contribution in [0.3, 0.4) is 0 Å². The molecule has 0 aromatic rings. The Kier molecular flexibility index (Phi) is 14.6. The molecule has 0 fully saturated rings. The van der Waals surface area contributed by atoms with Crippen LogP contribution in [0.15, 0.2) is 0 Å². The van der Waals surface area contributed by atoms with Crippen molar-refractivity contribution in [1.29, 1.82) is 0 Å². The topological polar surface area (TPSA) is 43.4 Å². The average molecular weight is 296 g/mol. The van der Waals surface area contributed by atoms with Gasteiger partial charge >= 0.3 is 0 Å². The third-order valence-corrected chi connectivity index (χ3v) is 3.60. The van der Waals surface area contributed by atoms with Crippen molar-refractivity contribution in [2.24, 2.45) is 0 Å². The molecule has 0 aromatic carbocycles. The number of rotatable bonds is 14. The van der Waals surface area contributed by atoms with Gasteiger partial charge < -0.3 is 18.9 Å². The molecule has 6 nitrogen and oxygen atoms in total. The van der Waals surface area contributed by atoms with E-state index in [0.717, 1.165) is 26.2 Å². The molecule has 0 aliphatic heterocycles. The molecule has 0 aliphatic carbocycles. The average Bonchev–Trinajstić information content (AvgIpc) is 2.44. The molecule has 116 valence electrons. The molecule has 19 heavy (non-hydrogen) atoms. The maximum absolute atomic E-state index is 5.13. The SMILES string of the molecule is COCCN(CCOC)SN(CCOC)CCOC. The van der Waals surface area contributed by atoms with Crippen LogP contribution in [-0.4, -0.2) is 89.7 Å². The van der Waals surface area contributed by atoms with Crippen LogP contribution in [0, 0.1) is 0 Å². The summed E-state index contributed by atoms with van der Waals surface area (Å²) in [7, 11) is 6.86. The van der Waals surface area contributed by atoms with E-state index in [2.05, 4.69) is 8.61 Å². The zero-order valence-corrected chi connectivity index (χ0v) is 13.4. The second-order valence-electron chi connectivity index (χ2n) is 3.91. The molecule has 7 heteroatoms. The Bertz CT molecular complexity index is 155. The molecule has 0 rings (SSSR count). The summed E-state index contributed by atoms with van der Waals surface area (Å²) in [5.74, 6) is 0. The van der Waals surface area contributed by atoms with Gasteiger partial charge in [-0.2, -0.15) is 0 Å². The monoisotopic (exact) mass is 296 g/mol. The molecule has 0 unspecified atom stereocenters. The van der Waals surface area contributed by atoms with Crippen molar-refractivity contribution in [3.8, 4) is 0 Å². The third kappa shape index (κ3) is 11.6. The maximum atomic E-state index is 5.13. The van der Waals surface area contributed by atoms with E-state index in [9.17, 15) is 0 Å². The van der Waals surface area contributed by atoms with Crippen molar-refractivity contribution >= 4 is 12.1 Å². The van der Waals surface area contributed by atoms with E-state index >= 15 is 0 Å². The molecule has 0 atom stereocenters. The summed E-state index contributed by atoms with van der Waals surface area (Å²) in [6.07, 6.45) is 0. The molecule has 0 spiro atoms. The first-order valence-electron chi connectivity index (χ1n) is 6.42. The maximum Gasteiger partial charge on any atom is 0.0599 e. The summed E-state index contributed by atoms with van der Waals surface area (Å²) >= 11 is 1.70. The van der Waals surface area contributed by atoms with Crippen molar-refractivity contribution < 1.29 is 18.9 Å². The first kappa shape index (κ1) is 19.1. The molecule has 0 bridgehead atoms. The lowest BCUT2D eigenvalue weighted by molar-refractivity contribution is 0.143. The number of ether oxygens (including phenoxy) is 4. The molecule has 0 N–H and O–H groups in total. The van der Waals surface area contributed by atoms with Crippen LogP contribution in [0.2, 0.25) is 0 Å². The highest BCUT2D eigenvalue weighted by Crippen LogP contribution is 2.15. The minimum Gasteiger partial charge on any atom is -0.383 e. The van der Waals surface area contributed by atoms with E-state index < -0.39 is 0 Å².